The SMILES string of the molecule is NC(=O)c1cc(OCc2cccc(C(F)(F)F)c2)c2sc(C(F)(F)P(O)O)c(Br)c2c1. The van der Waals surface area contributed by atoms with Crippen LogP contribution in [0.3, 0.4) is 0 Å². The number of halogens is 6. The zero-order chi connectivity index (χ0) is 23.1. The van der Waals surface area contributed by atoms with Gasteiger partial charge in [0.25, 0.3) is 0 Å². The number of benzene rings is 2. The molecule has 0 bridgehead atoms. The van der Waals surface area contributed by atoms with Crippen LogP contribution in [0.1, 0.15) is 26.4 Å². The van der Waals surface area contributed by atoms with Gasteiger partial charge in [0, 0.05) is 15.4 Å². The number of primary amides is 1. The van der Waals surface area contributed by atoms with Gasteiger partial charge in [-0.15, -0.1) is 11.3 Å². The van der Waals surface area contributed by atoms with Gasteiger partial charge in [0.1, 0.15) is 12.4 Å². The Labute approximate surface area is 185 Å². The van der Waals surface area contributed by atoms with Crippen LogP contribution in [0.5, 0.6) is 5.75 Å². The zero-order valence-electron chi connectivity index (χ0n) is 15.1. The van der Waals surface area contributed by atoms with Crippen molar-refractivity contribution in [1.29, 1.82) is 0 Å². The molecular formula is C18H12BrF5NO4PS. The number of ether oxygens (including phenoxy) is 1. The molecule has 4 N–H and O–H groups in total. The van der Waals surface area contributed by atoms with Crippen LogP contribution in [-0.4, -0.2) is 15.7 Å². The van der Waals surface area contributed by atoms with Crippen molar-refractivity contribution >= 4 is 51.6 Å². The van der Waals surface area contributed by atoms with Gasteiger partial charge in [0.2, 0.25) is 14.3 Å². The lowest BCUT2D eigenvalue weighted by Crippen LogP contribution is -2.11. The fourth-order valence-corrected chi connectivity index (χ4v) is 5.45. The number of carbonyl (C=O) groups is 1. The van der Waals surface area contributed by atoms with Crippen molar-refractivity contribution in [3.8, 4) is 5.75 Å². The van der Waals surface area contributed by atoms with Crippen molar-refractivity contribution in [2.24, 2.45) is 5.73 Å². The summed E-state index contributed by atoms with van der Waals surface area (Å²) >= 11 is 3.48. The van der Waals surface area contributed by atoms with Gasteiger partial charge in [-0.25, -0.2) is 0 Å². The van der Waals surface area contributed by atoms with Gasteiger partial charge in [-0.05, 0) is 45.8 Å². The Kier molecular flexibility index (Phi) is 6.60. The lowest BCUT2D eigenvalue weighted by molar-refractivity contribution is -0.137. The minimum absolute atomic E-state index is 0.0725. The molecule has 3 aromatic rings. The highest BCUT2D eigenvalue weighted by Gasteiger charge is 2.45. The largest absolute Gasteiger partial charge is 0.487 e. The van der Waals surface area contributed by atoms with Crippen LogP contribution in [0.4, 0.5) is 22.0 Å². The molecule has 0 aliphatic rings. The van der Waals surface area contributed by atoms with E-state index in [0.29, 0.717) is 11.3 Å². The summed E-state index contributed by atoms with van der Waals surface area (Å²) in [5.74, 6) is -0.958. The summed E-state index contributed by atoms with van der Waals surface area (Å²) in [6.45, 7) is -0.352. The van der Waals surface area contributed by atoms with Crippen LogP contribution < -0.4 is 10.5 Å². The van der Waals surface area contributed by atoms with Gasteiger partial charge in [-0.1, -0.05) is 12.1 Å². The third kappa shape index (κ3) is 4.83. The smallest absolute Gasteiger partial charge is 0.416 e. The number of thiophene rings is 1. The fourth-order valence-electron chi connectivity index (χ4n) is 2.67. The highest BCUT2D eigenvalue weighted by Crippen LogP contribution is 2.58. The molecule has 0 aliphatic carbocycles. The van der Waals surface area contributed by atoms with Crippen LogP contribution in [0.15, 0.2) is 40.9 Å². The Morgan fingerprint density at radius 3 is 2.42 bits per heavy atom. The van der Waals surface area contributed by atoms with Gasteiger partial charge in [0.15, 0.2) is 0 Å². The van der Waals surface area contributed by atoms with E-state index < -0.39 is 36.6 Å². The van der Waals surface area contributed by atoms with E-state index in [9.17, 15) is 26.7 Å². The number of hydrogen-bond acceptors (Lipinski definition) is 5. The summed E-state index contributed by atoms with van der Waals surface area (Å²) in [6.07, 6.45) is -4.55. The van der Waals surface area contributed by atoms with Gasteiger partial charge >= 0.3 is 11.8 Å². The molecular weight excluding hydrogens is 532 g/mol. The summed E-state index contributed by atoms with van der Waals surface area (Å²) in [5, 5.41) is 0.104. The van der Waals surface area contributed by atoms with Crippen LogP contribution >= 0.6 is 35.6 Å². The Bertz CT molecular complexity index is 1150. The first-order chi connectivity index (χ1) is 14.3. The van der Waals surface area contributed by atoms with E-state index in [0.717, 1.165) is 12.1 Å². The quantitative estimate of drug-likeness (QED) is 0.274. The molecule has 0 saturated carbocycles. The van der Waals surface area contributed by atoms with Crippen LogP contribution in [0.2, 0.25) is 0 Å². The van der Waals surface area contributed by atoms with Gasteiger partial charge in [-0.2, -0.15) is 22.0 Å². The summed E-state index contributed by atoms with van der Waals surface area (Å²) in [6, 6.07) is 6.77. The first-order valence-corrected chi connectivity index (χ1v) is 11.1. The van der Waals surface area contributed by atoms with Gasteiger partial charge < -0.3 is 20.3 Å². The molecule has 1 amide bonds. The molecule has 0 fully saturated rings. The Balaban J connectivity index is 2.06. The number of alkyl halides is 5. The van der Waals surface area contributed by atoms with Crippen molar-refractivity contribution in [2.45, 2.75) is 18.4 Å². The average Bonchev–Trinajstić information content (AvgIpc) is 3.03. The first kappa shape index (κ1) is 23.8. The second-order valence-corrected chi connectivity index (χ2v) is 9.23. The molecule has 0 saturated heterocycles. The van der Waals surface area contributed by atoms with Crippen molar-refractivity contribution < 1.29 is 41.3 Å². The summed E-state index contributed by atoms with van der Waals surface area (Å²) in [7, 11) is -3.65. The molecule has 0 spiro atoms. The van der Waals surface area contributed by atoms with Crippen molar-refractivity contribution in [3.05, 3.63) is 62.4 Å². The molecule has 13 heteroatoms. The maximum atomic E-state index is 14.2. The monoisotopic (exact) mass is 543 g/mol. The first-order valence-electron chi connectivity index (χ1n) is 8.23. The molecule has 5 nitrogen and oxygen atoms in total. The van der Waals surface area contributed by atoms with Crippen LogP contribution in [0.25, 0.3) is 10.1 Å². The highest BCUT2D eigenvalue weighted by molar-refractivity contribution is 9.10. The van der Waals surface area contributed by atoms with Gasteiger partial charge in [-0.3, -0.25) is 4.79 Å². The minimum atomic E-state index is -4.55. The number of carbonyl (C=O) groups excluding carboxylic acids is 1. The van der Waals surface area contributed by atoms with Gasteiger partial charge in [0.05, 0.1) is 15.1 Å². The fraction of sp³-hybridized carbons (Fsp3) is 0.167. The minimum Gasteiger partial charge on any atom is -0.487 e. The van der Waals surface area contributed by atoms with E-state index in [-0.39, 0.29) is 38.0 Å². The normalized spacial score (nSPS) is 12.5. The molecule has 166 valence electrons. The van der Waals surface area contributed by atoms with Crippen molar-refractivity contribution in [2.75, 3.05) is 0 Å². The number of nitrogens with two attached hydrogens (primary N) is 1. The predicted octanol–water partition coefficient (Wildman–Crippen LogP) is 5.71. The number of fused-ring (bicyclic) bond motifs is 1. The van der Waals surface area contributed by atoms with E-state index in [2.05, 4.69) is 15.9 Å². The van der Waals surface area contributed by atoms with Crippen LogP contribution in [0, 0.1) is 0 Å². The number of rotatable bonds is 6. The van der Waals surface area contributed by atoms with E-state index >= 15 is 0 Å². The van der Waals surface area contributed by atoms with E-state index in [1.807, 2.05) is 0 Å². The zero-order valence-corrected chi connectivity index (χ0v) is 18.4. The van der Waals surface area contributed by atoms with Crippen LogP contribution in [-0.2, 0) is 18.4 Å². The molecule has 3 rings (SSSR count). The Morgan fingerprint density at radius 2 is 1.84 bits per heavy atom. The summed E-state index contributed by atoms with van der Waals surface area (Å²) < 4.78 is 72.7. The molecule has 0 unspecified atom stereocenters. The standard InChI is InChI=1S/C18H12BrF5NO4PS/c19-13-11-5-9(16(25)26)6-12(14(11)31-15(13)18(23,24)30(27)28)29-7-8-2-1-3-10(4-8)17(20,21)22/h1-6,27-28H,7H2,(H2,25,26). The molecule has 1 aromatic heterocycles. The Hall–Kier alpha value is -1.85. The maximum absolute atomic E-state index is 14.2. The second-order valence-electron chi connectivity index (χ2n) is 6.28. The number of hydrogen-bond donors (Lipinski definition) is 3. The predicted molar refractivity (Wildman–Crippen MR) is 109 cm³/mol. The highest BCUT2D eigenvalue weighted by atomic mass is 79.9. The van der Waals surface area contributed by atoms with Crippen molar-refractivity contribution in [3.63, 3.8) is 0 Å². The molecule has 2 aromatic carbocycles. The van der Waals surface area contributed by atoms with Crippen molar-refractivity contribution in [1.82, 2.24) is 0 Å². The Morgan fingerprint density at radius 1 is 1.16 bits per heavy atom. The third-order valence-electron chi connectivity index (χ3n) is 4.15. The molecule has 0 radical (unpaired) electrons. The third-order valence-corrected chi connectivity index (χ3v) is 7.41. The molecule has 0 atom stereocenters. The maximum Gasteiger partial charge on any atom is 0.416 e. The summed E-state index contributed by atoms with van der Waals surface area (Å²) in [5.41, 5.74) is 0.497. The van der Waals surface area contributed by atoms with E-state index in [4.69, 9.17) is 20.3 Å². The van der Waals surface area contributed by atoms with E-state index in [1.54, 1.807) is 0 Å². The molecule has 31 heavy (non-hydrogen) atoms. The average molecular weight is 544 g/mol. The topological polar surface area (TPSA) is 92.8 Å². The molecule has 0 aliphatic heterocycles. The second kappa shape index (κ2) is 8.59. The lowest BCUT2D eigenvalue weighted by atomic mass is 10.1. The van der Waals surface area contributed by atoms with E-state index in [1.165, 1.54) is 24.3 Å². The summed E-state index contributed by atoms with van der Waals surface area (Å²) in [4.78, 5) is 29.1. The lowest BCUT2D eigenvalue weighted by Gasteiger charge is -2.15. The number of amides is 1. The molecule has 1 heterocycles.